The van der Waals surface area contributed by atoms with Crippen molar-refractivity contribution in [2.75, 3.05) is 7.11 Å². The van der Waals surface area contributed by atoms with Gasteiger partial charge in [-0.3, -0.25) is 9.36 Å². The van der Waals surface area contributed by atoms with Gasteiger partial charge in [0.05, 0.1) is 13.3 Å². The quantitative estimate of drug-likeness (QED) is 0.804. The van der Waals surface area contributed by atoms with Crippen molar-refractivity contribution in [1.29, 1.82) is 0 Å². The Balaban J connectivity index is 2.10. The number of methoxy groups -OCH3 is 1. The molecule has 0 unspecified atom stereocenters. The van der Waals surface area contributed by atoms with Crippen LogP contribution < -0.4 is 15.0 Å². The van der Waals surface area contributed by atoms with Gasteiger partial charge < -0.3 is 9.47 Å². The normalized spacial score (nSPS) is 10.3. The summed E-state index contributed by atoms with van der Waals surface area (Å²) in [6.45, 7) is 0.280. The molecule has 1 heterocycles. The number of halogens is 1. The van der Waals surface area contributed by atoms with Gasteiger partial charge in [0.1, 0.15) is 12.4 Å². The van der Waals surface area contributed by atoms with Crippen molar-refractivity contribution < 1.29 is 9.47 Å². The molecule has 1 aromatic carbocycles. The first-order chi connectivity index (χ1) is 9.11. The Morgan fingerprint density at radius 1 is 1.32 bits per heavy atom. The lowest BCUT2D eigenvalue weighted by atomic mass is 10.2. The van der Waals surface area contributed by atoms with E-state index in [9.17, 15) is 4.79 Å². The van der Waals surface area contributed by atoms with Gasteiger partial charge in [-0.05, 0) is 29.3 Å². The molecule has 1 aromatic heterocycles. The monoisotopic (exact) mass is 280 g/mol. The molecule has 100 valence electrons. The highest BCUT2D eigenvalue weighted by atomic mass is 35.5. The molecule has 0 amide bonds. The van der Waals surface area contributed by atoms with Crippen LogP contribution in [0.25, 0.3) is 0 Å². The van der Waals surface area contributed by atoms with Crippen molar-refractivity contribution in [3.8, 4) is 11.5 Å². The zero-order valence-electron chi connectivity index (χ0n) is 10.6. The van der Waals surface area contributed by atoms with E-state index < -0.39 is 0 Å². The van der Waals surface area contributed by atoms with Gasteiger partial charge in [-0.2, -0.15) is 0 Å². The summed E-state index contributed by atoms with van der Waals surface area (Å²) in [5.74, 6) is 0.940. The largest absolute Gasteiger partial charge is 0.497 e. The highest BCUT2D eigenvalue weighted by Gasteiger charge is 2.06. The van der Waals surface area contributed by atoms with Crippen molar-refractivity contribution in [2.45, 2.75) is 6.61 Å². The van der Waals surface area contributed by atoms with Crippen LogP contribution in [0.3, 0.4) is 0 Å². The number of aromatic nitrogens is 2. The van der Waals surface area contributed by atoms with E-state index in [4.69, 9.17) is 21.1 Å². The number of hydrogen-bond donors (Lipinski definition) is 0. The third-order valence-electron chi connectivity index (χ3n) is 2.63. The Morgan fingerprint density at radius 3 is 2.63 bits per heavy atom. The fourth-order valence-electron chi connectivity index (χ4n) is 1.48. The van der Waals surface area contributed by atoms with Gasteiger partial charge in [0.25, 0.3) is 5.56 Å². The molecule has 5 nitrogen and oxygen atoms in total. The highest BCUT2D eigenvalue weighted by Crippen LogP contribution is 2.13. The Kier molecular flexibility index (Phi) is 4.06. The molecule has 6 heteroatoms. The lowest BCUT2D eigenvalue weighted by Gasteiger charge is -2.08. The van der Waals surface area contributed by atoms with Crippen molar-refractivity contribution in [1.82, 2.24) is 9.55 Å². The van der Waals surface area contributed by atoms with E-state index in [1.807, 2.05) is 24.3 Å². The van der Waals surface area contributed by atoms with Crippen LogP contribution in [0.2, 0.25) is 5.28 Å². The maximum atomic E-state index is 11.8. The van der Waals surface area contributed by atoms with Crippen molar-refractivity contribution in [3.05, 3.63) is 51.7 Å². The number of rotatable bonds is 4. The Morgan fingerprint density at radius 2 is 2.00 bits per heavy atom. The topological polar surface area (TPSA) is 53.4 Å². The van der Waals surface area contributed by atoms with Crippen LogP contribution in [0.5, 0.6) is 11.5 Å². The summed E-state index contributed by atoms with van der Waals surface area (Å²) in [7, 11) is 3.15. The summed E-state index contributed by atoms with van der Waals surface area (Å²) in [4.78, 5) is 15.7. The molecule has 2 aromatic rings. The van der Waals surface area contributed by atoms with E-state index in [-0.39, 0.29) is 23.2 Å². The summed E-state index contributed by atoms with van der Waals surface area (Å²) in [6, 6.07) is 7.40. The first-order valence-corrected chi connectivity index (χ1v) is 5.97. The average Bonchev–Trinajstić information content (AvgIpc) is 2.45. The molecule has 0 saturated carbocycles. The van der Waals surface area contributed by atoms with Gasteiger partial charge in [-0.1, -0.05) is 12.1 Å². The summed E-state index contributed by atoms with van der Waals surface area (Å²) < 4.78 is 11.7. The number of nitrogens with zero attached hydrogens (tertiary/aromatic N) is 2. The van der Waals surface area contributed by atoms with Crippen LogP contribution in [0.15, 0.2) is 35.3 Å². The summed E-state index contributed by atoms with van der Waals surface area (Å²) in [5.41, 5.74) is 0.617. The first kappa shape index (κ1) is 13.4. The molecule has 19 heavy (non-hydrogen) atoms. The standard InChI is InChI=1S/C13H13ClN2O3/c1-16-12(17)11(7-15-13(16)14)19-8-9-3-5-10(18-2)6-4-9/h3-7H,8H2,1-2H3. The fourth-order valence-corrected chi connectivity index (χ4v) is 1.61. The van der Waals surface area contributed by atoms with E-state index in [1.165, 1.54) is 17.8 Å². The minimum Gasteiger partial charge on any atom is -0.497 e. The summed E-state index contributed by atoms with van der Waals surface area (Å²) >= 11 is 5.72. The number of ether oxygens (including phenoxy) is 2. The fraction of sp³-hybridized carbons (Fsp3) is 0.231. The Bertz CT molecular complexity index is 623. The van der Waals surface area contributed by atoms with E-state index in [2.05, 4.69) is 4.98 Å². The third kappa shape index (κ3) is 3.06. The average molecular weight is 281 g/mol. The second-order valence-electron chi connectivity index (χ2n) is 3.89. The van der Waals surface area contributed by atoms with Gasteiger partial charge in [0.15, 0.2) is 0 Å². The maximum Gasteiger partial charge on any atom is 0.296 e. The lowest BCUT2D eigenvalue weighted by Crippen LogP contribution is -2.20. The van der Waals surface area contributed by atoms with Crippen LogP contribution >= 0.6 is 11.6 Å². The van der Waals surface area contributed by atoms with E-state index in [0.29, 0.717) is 0 Å². The lowest BCUT2D eigenvalue weighted by molar-refractivity contribution is 0.298. The predicted octanol–water partition coefficient (Wildman–Crippen LogP) is 2.02. The molecule has 0 aliphatic rings. The molecule has 0 spiro atoms. The van der Waals surface area contributed by atoms with Crippen molar-refractivity contribution in [3.63, 3.8) is 0 Å². The predicted molar refractivity (Wildman–Crippen MR) is 71.8 cm³/mol. The molecule has 0 bridgehead atoms. The van der Waals surface area contributed by atoms with Crippen molar-refractivity contribution >= 4 is 11.6 Å². The van der Waals surface area contributed by atoms with Gasteiger partial charge in [0, 0.05) is 7.05 Å². The van der Waals surface area contributed by atoms with Crippen molar-refractivity contribution in [2.24, 2.45) is 7.05 Å². The zero-order valence-corrected chi connectivity index (χ0v) is 11.3. The minimum atomic E-state index is -0.312. The molecule has 0 atom stereocenters. The third-order valence-corrected chi connectivity index (χ3v) is 2.99. The number of hydrogen-bond acceptors (Lipinski definition) is 4. The highest BCUT2D eigenvalue weighted by molar-refractivity contribution is 6.28. The maximum absolute atomic E-state index is 11.8. The van der Waals surface area contributed by atoms with Gasteiger partial charge in [-0.25, -0.2) is 4.98 Å². The van der Waals surface area contributed by atoms with E-state index in [0.717, 1.165) is 11.3 Å². The smallest absolute Gasteiger partial charge is 0.296 e. The second-order valence-corrected chi connectivity index (χ2v) is 4.23. The van der Waals surface area contributed by atoms with E-state index in [1.54, 1.807) is 7.11 Å². The Hall–Kier alpha value is -2.01. The zero-order chi connectivity index (χ0) is 13.8. The molecular formula is C13H13ClN2O3. The van der Waals surface area contributed by atoms with Crippen LogP contribution in [0.4, 0.5) is 0 Å². The molecule has 0 saturated heterocycles. The molecule has 0 radical (unpaired) electrons. The number of benzene rings is 1. The SMILES string of the molecule is COc1ccc(COc2cnc(Cl)n(C)c2=O)cc1. The Labute approximate surface area is 115 Å². The molecule has 0 aliphatic heterocycles. The van der Waals surface area contributed by atoms with Crippen LogP contribution in [0, 0.1) is 0 Å². The van der Waals surface area contributed by atoms with Crippen LogP contribution in [-0.2, 0) is 13.7 Å². The van der Waals surface area contributed by atoms with E-state index >= 15 is 0 Å². The van der Waals surface area contributed by atoms with Crippen LogP contribution in [-0.4, -0.2) is 16.7 Å². The summed E-state index contributed by atoms with van der Waals surface area (Å²) in [5, 5.41) is 0.127. The summed E-state index contributed by atoms with van der Waals surface area (Å²) in [6.07, 6.45) is 1.33. The van der Waals surface area contributed by atoms with Gasteiger partial charge in [-0.15, -0.1) is 0 Å². The molecule has 0 fully saturated rings. The molecule has 2 rings (SSSR count). The molecular weight excluding hydrogens is 268 g/mol. The molecule has 0 aliphatic carbocycles. The van der Waals surface area contributed by atoms with Crippen LogP contribution in [0.1, 0.15) is 5.56 Å². The second kappa shape index (κ2) is 5.75. The minimum absolute atomic E-state index is 0.127. The first-order valence-electron chi connectivity index (χ1n) is 5.59. The van der Waals surface area contributed by atoms with Gasteiger partial charge in [0.2, 0.25) is 11.0 Å². The molecule has 0 N–H and O–H groups in total. The van der Waals surface area contributed by atoms with Gasteiger partial charge >= 0.3 is 0 Å².